The Kier molecular flexibility index (Phi) is 4.28. The molecule has 0 N–H and O–H groups in total. The first kappa shape index (κ1) is 15.9. The monoisotopic (exact) mass is 357 g/mol. The summed E-state index contributed by atoms with van der Waals surface area (Å²) in [5.74, 6) is 1.38. The van der Waals surface area contributed by atoms with Crippen molar-refractivity contribution in [1.29, 1.82) is 0 Å². The number of aromatic nitrogens is 2. The highest BCUT2D eigenvalue weighted by molar-refractivity contribution is 6.30. The van der Waals surface area contributed by atoms with Crippen LogP contribution in [0.3, 0.4) is 0 Å². The Balaban J connectivity index is 1.50. The molecule has 1 saturated heterocycles. The molecule has 7 heteroatoms. The Morgan fingerprint density at radius 2 is 2.12 bits per heavy atom. The molecule has 1 aromatic carbocycles. The summed E-state index contributed by atoms with van der Waals surface area (Å²) >= 11 is 5.91. The summed E-state index contributed by atoms with van der Waals surface area (Å²) in [5.41, 5.74) is 1.09. The molecular weight excluding hydrogens is 342 g/mol. The molecule has 1 amide bonds. The van der Waals surface area contributed by atoms with E-state index in [0.29, 0.717) is 23.9 Å². The van der Waals surface area contributed by atoms with E-state index in [1.165, 1.54) is 12.6 Å². The lowest BCUT2D eigenvalue weighted by molar-refractivity contribution is 0.0682. The van der Waals surface area contributed by atoms with E-state index >= 15 is 0 Å². The number of oxazole rings is 2. The van der Waals surface area contributed by atoms with Crippen molar-refractivity contribution in [1.82, 2.24) is 14.9 Å². The second kappa shape index (κ2) is 6.72. The molecule has 0 saturated carbocycles. The smallest absolute Gasteiger partial charge is 0.291 e. The van der Waals surface area contributed by atoms with E-state index in [0.717, 1.165) is 24.2 Å². The maximum absolute atomic E-state index is 12.5. The molecule has 1 aliphatic rings. The Hall–Kier alpha value is -2.60. The second-order valence-corrected chi connectivity index (χ2v) is 6.43. The van der Waals surface area contributed by atoms with E-state index in [2.05, 4.69) is 9.97 Å². The first-order chi connectivity index (χ1) is 12.2. The van der Waals surface area contributed by atoms with Gasteiger partial charge >= 0.3 is 0 Å². The third kappa shape index (κ3) is 3.30. The molecule has 3 heterocycles. The molecule has 6 nitrogen and oxygen atoms in total. The van der Waals surface area contributed by atoms with Crippen LogP contribution in [0, 0.1) is 0 Å². The molecule has 1 aliphatic heterocycles. The van der Waals surface area contributed by atoms with E-state index in [1.807, 2.05) is 24.3 Å². The molecule has 0 spiro atoms. The molecule has 0 aliphatic carbocycles. The average Bonchev–Trinajstić information content (AvgIpc) is 3.37. The van der Waals surface area contributed by atoms with Crippen LogP contribution in [0.25, 0.3) is 0 Å². The van der Waals surface area contributed by atoms with Crippen LogP contribution < -0.4 is 0 Å². The number of halogens is 1. The Morgan fingerprint density at radius 1 is 1.28 bits per heavy atom. The quantitative estimate of drug-likeness (QED) is 0.708. The zero-order valence-electron chi connectivity index (χ0n) is 13.4. The molecule has 25 heavy (non-hydrogen) atoms. The predicted molar refractivity (Wildman–Crippen MR) is 90.3 cm³/mol. The first-order valence-corrected chi connectivity index (χ1v) is 8.47. The van der Waals surface area contributed by atoms with Crippen molar-refractivity contribution in [3.63, 3.8) is 0 Å². The predicted octanol–water partition coefficient (Wildman–Crippen LogP) is 3.88. The molecule has 4 rings (SSSR count). The maximum Gasteiger partial charge on any atom is 0.291 e. The minimum absolute atomic E-state index is 0.170. The lowest BCUT2D eigenvalue weighted by Crippen LogP contribution is -2.30. The van der Waals surface area contributed by atoms with Crippen LogP contribution in [0.5, 0.6) is 0 Å². The Labute approximate surface area is 149 Å². The minimum atomic E-state index is -0.183. The maximum atomic E-state index is 12.5. The molecule has 128 valence electrons. The first-order valence-electron chi connectivity index (χ1n) is 8.09. The van der Waals surface area contributed by atoms with Gasteiger partial charge in [-0.3, -0.25) is 4.79 Å². The van der Waals surface area contributed by atoms with Crippen molar-refractivity contribution >= 4 is 17.5 Å². The van der Waals surface area contributed by atoms with Gasteiger partial charge < -0.3 is 13.7 Å². The van der Waals surface area contributed by atoms with Gasteiger partial charge in [-0.25, -0.2) is 9.97 Å². The number of carbonyl (C=O) groups excluding carboxylic acids is 1. The van der Waals surface area contributed by atoms with Gasteiger partial charge in [-0.2, -0.15) is 0 Å². The van der Waals surface area contributed by atoms with Crippen LogP contribution in [0.1, 0.15) is 46.7 Å². The lowest BCUT2D eigenvalue weighted by Gasteiger charge is -2.20. The van der Waals surface area contributed by atoms with Gasteiger partial charge in [-0.05, 0) is 30.5 Å². The summed E-state index contributed by atoms with van der Waals surface area (Å²) in [7, 11) is 0. The Bertz CT molecular complexity index is 858. The molecule has 3 aromatic rings. The number of hydrogen-bond donors (Lipinski definition) is 0. The van der Waals surface area contributed by atoms with Crippen LogP contribution >= 0.6 is 11.6 Å². The average molecular weight is 358 g/mol. The van der Waals surface area contributed by atoms with E-state index in [-0.39, 0.29) is 17.7 Å². The van der Waals surface area contributed by atoms with Crippen LogP contribution in [0.4, 0.5) is 0 Å². The number of carbonyl (C=O) groups is 1. The van der Waals surface area contributed by atoms with E-state index < -0.39 is 0 Å². The van der Waals surface area contributed by atoms with Crippen molar-refractivity contribution in [3.8, 4) is 0 Å². The topological polar surface area (TPSA) is 72.4 Å². The van der Waals surface area contributed by atoms with Gasteiger partial charge in [-0.15, -0.1) is 0 Å². The van der Waals surface area contributed by atoms with Crippen molar-refractivity contribution in [2.75, 3.05) is 6.54 Å². The summed E-state index contributed by atoms with van der Waals surface area (Å²) in [5, 5.41) is 0.703. The summed E-state index contributed by atoms with van der Waals surface area (Å²) < 4.78 is 11.0. The largest absolute Gasteiger partial charge is 0.443 e. The highest BCUT2D eigenvalue weighted by atomic mass is 35.5. The standard InChI is InChI=1S/C18H16ClN3O3/c19-13-5-3-12(4-6-13)8-14-9-21-17(25-14)15-2-1-7-22(15)18(23)16-10-20-11-24-16/h3-6,9-11,15H,1-2,7-8H2. The highest BCUT2D eigenvalue weighted by Gasteiger charge is 2.35. The SMILES string of the molecule is O=C(c1cnco1)N1CCCC1c1ncc(Cc2ccc(Cl)cc2)o1. The van der Waals surface area contributed by atoms with Gasteiger partial charge in [-0.1, -0.05) is 23.7 Å². The van der Waals surface area contributed by atoms with Crippen molar-refractivity contribution in [2.45, 2.75) is 25.3 Å². The van der Waals surface area contributed by atoms with Gasteiger partial charge in [0.1, 0.15) is 11.8 Å². The van der Waals surface area contributed by atoms with Crippen LogP contribution in [-0.2, 0) is 6.42 Å². The zero-order valence-corrected chi connectivity index (χ0v) is 14.1. The van der Waals surface area contributed by atoms with Gasteiger partial charge in [0, 0.05) is 18.0 Å². The van der Waals surface area contributed by atoms with E-state index in [4.69, 9.17) is 20.4 Å². The van der Waals surface area contributed by atoms with E-state index in [9.17, 15) is 4.79 Å². The molecule has 1 unspecified atom stereocenters. The van der Waals surface area contributed by atoms with Crippen molar-refractivity contribution in [3.05, 3.63) is 71.1 Å². The lowest BCUT2D eigenvalue weighted by atomic mass is 10.1. The van der Waals surface area contributed by atoms with Crippen molar-refractivity contribution < 1.29 is 13.6 Å². The summed E-state index contributed by atoms with van der Waals surface area (Å²) in [6.07, 6.45) is 6.76. The van der Waals surface area contributed by atoms with Gasteiger partial charge in [0.2, 0.25) is 11.7 Å². The summed E-state index contributed by atoms with van der Waals surface area (Å²) in [6, 6.07) is 7.45. The van der Waals surface area contributed by atoms with Crippen LogP contribution in [0.2, 0.25) is 5.02 Å². The Morgan fingerprint density at radius 3 is 2.88 bits per heavy atom. The van der Waals surface area contributed by atoms with Crippen molar-refractivity contribution in [2.24, 2.45) is 0 Å². The number of hydrogen-bond acceptors (Lipinski definition) is 5. The molecule has 1 atom stereocenters. The van der Waals surface area contributed by atoms with Gasteiger partial charge in [0.25, 0.3) is 5.91 Å². The molecule has 1 fully saturated rings. The number of amides is 1. The normalized spacial score (nSPS) is 17.2. The molecule has 0 radical (unpaired) electrons. The zero-order chi connectivity index (χ0) is 17.2. The highest BCUT2D eigenvalue weighted by Crippen LogP contribution is 2.33. The summed E-state index contributed by atoms with van der Waals surface area (Å²) in [4.78, 5) is 22.5. The number of likely N-dealkylation sites (tertiary alicyclic amines) is 1. The molecule has 0 bridgehead atoms. The number of benzene rings is 1. The minimum Gasteiger partial charge on any atom is -0.443 e. The molecule has 2 aromatic heterocycles. The number of rotatable bonds is 4. The summed E-state index contributed by atoms with van der Waals surface area (Å²) in [6.45, 7) is 0.652. The third-order valence-corrected chi connectivity index (χ3v) is 4.56. The fraction of sp³-hybridized carbons (Fsp3) is 0.278. The van der Waals surface area contributed by atoms with Gasteiger partial charge in [0.15, 0.2) is 6.39 Å². The number of nitrogens with zero attached hydrogens (tertiary/aromatic N) is 3. The molecular formula is C18H16ClN3O3. The second-order valence-electron chi connectivity index (χ2n) is 5.99. The van der Waals surface area contributed by atoms with Crippen LogP contribution in [-0.4, -0.2) is 27.3 Å². The van der Waals surface area contributed by atoms with Crippen LogP contribution in [0.15, 0.2) is 51.9 Å². The fourth-order valence-electron chi connectivity index (χ4n) is 3.09. The third-order valence-electron chi connectivity index (χ3n) is 4.30. The fourth-order valence-corrected chi connectivity index (χ4v) is 3.22. The van der Waals surface area contributed by atoms with E-state index in [1.54, 1.807) is 11.1 Å². The van der Waals surface area contributed by atoms with Gasteiger partial charge in [0.05, 0.1) is 12.4 Å².